The molecule has 0 aromatic heterocycles. The van der Waals surface area contributed by atoms with Gasteiger partial charge in [0.2, 0.25) is 5.91 Å². The molecule has 0 aliphatic heterocycles. The first-order valence-electron chi connectivity index (χ1n) is 6.78. The van der Waals surface area contributed by atoms with Crippen LogP contribution >= 0.6 is 0 Å². The molecule has 3 nitrogen and oxygen atoms in total. The van der Waals surface area contributed by atoms with Crippen LogP contribution in [0.4, 0.5) is 0 Å². The highest BCUT2D eigenvalue weighted by atomic mass is 16.2. The van der Waals surface area contributed by atoms with Crippen molar-refractivity contribution in [1.82, 2.24) is 5.32 Å². The summed E-state index contributed by atoms with van der Waals surface area (Å²) < 4.78 is 0. The molecule has 0 aromatic rings. The number of nitrogens with one attached hydrogen (secondary N) is 1. The van der Waals surface area contributed by atoms with E-state index in [9.17, 15) is 4.79 Å². The predicted molar refractivity (Wildman–Crippen MR) is 65.0 cm³/mol. The summed E-state index contributed by atoms with van der Waals surface area (Å²) in [6.07, 6.45) is 10.5. The molecule has 0 aromatic carbocycles. The molecule has 16 heavy (non-hydrogen) atoms. The van der Waals surface area contributed by atoms with Gasteiger partial charge in [0, 0.05) is 12.5 Å². The lowest BCUT2D eigenvalue weighted by Crippen LogP contribution is -2.59. The fraction of sp³-hybridized carbons (Fsp3) is 0.923. The summed E-state index contributed by atoms with van der Waals surface area (Å²) in [6.45, 7) is 0.603. The lowest BCUT2D eigenvalue weighted by Gasteiger charge is -2.42. The minimum atomic E-state index is -0.0383. The third-order valence-corrected chi connectivity index (χ3v) is 4.32. The summed E-state index contributed by atoms with van der Waals surface area (Å²) in [7, 11) is 0. The molecule has 0 atom stereocenters. The van der Waals surface area contributed by atoms with Gasteiger partial charge in [-0.25, -0.2) is 0 Å². The van der Waals surface area contributed by atoms with Crippen LogP contribution in [0, 0.1) is 5.92 Å². The van der Waals surface area contributed by atoms with E-state index in [1.54, 1.807) is 0 Å². The molecule has 3 heteroatoms. The molecular weight excluding hydrogens is 200 g/mol. The van der Waals surface area contributed by atoms with Gasteiger partial charge < -0.3 is 11.1 Å². The topological polar surface area (TPSA) is 55.1 Å². The molecule has 3 N–H and O–H groups in total. The smallest absolute Gasteiger partial charge is 0.223 e. The third-order valence-electron chi connectivity index (χ3n) is 4.32. The fourth-order valence-electron chi connectivity index (χ4n) is 2.89. The zero-order valence-electron chi connectivity index (χ0n) is 10.1. The monoisotopic (exact) mass is 224 g/mol. The van der Waals surface area contributed by atoms with E-state index in [-0.39, 0.29) is 17.4 Å². The molecule has 0 bridgehead atoms. The Hall–Kier alpha value is -0.570. The number of nitrogens with two attached hydrogens (primary N) is 1. The standard InChI is InChI=1S/C13H24N2O/c14-10-13(8-5-9-13)15-12(16)11-6-3-1-2-4-7-11/h11H,1-10,14H2,(H,15,16). The van der Waals surface area contributed by atoms with Crippen LogP contribution in [0.5, 0.6) is 0 Å². The highest BCUT2D eigenvalue weighted by molar-refractivity contribution is 5.79. The highest BCUT2D eigenvalue weighted by Crippen LogP contribution is 2.32. The molecule has 0 unspecified atom stereocenters. The lowest BCUT2D eigenvalue weighted by molar-refractivity contribution is -0.128. The van der Waals surface area contributed by atoms with Crippen LogP contribution in [0.15, 0.2) is 0 Å². The molecule has 2 saturated carbocycles. The van der Waals surface area contributed by atoms with Crippen LogP contribution in [-0.4, -0.2) is 18.0 Å². The van der Waals surface area contributed by atoms with Crippen molar-refractivity contribution in [2.24, 2.45) is 11.7 Å². The number of carbonyl (C=O) groups excluding carboxylic acids is 1. The van der Waals surface area contributed by atoms with Gasteiger partial charge in [0.25, 0.3) is 0 Å². The zero-order valence-corrected chi connectivity index (χ0v) is 10.1. The number of carbonyl (C=O) groups is 1. The van der Waals surface area contributed by atoms with E-state index < -0.39 is 0 Å². The second-order valence-electron chi connectivity index (χ2n) is 5.52. The molecule has 2 aliphatic rings. The normalized spacial score (nSPS) is 25.6. The van der Waals surface area contributed by atoms with Gasteiger partial charge in [0.05, 0.1) is 5.54 Å². The van der Waals surface area contributed by atoms with Crippen molar-refractivity contribution in [1.29, 1.82) is 0 Å². The molecule has 2 aliphatic carbocycles. The third kappa shape index (κ3) is 2.57. The molecular formula is C13H24N2O. The van der Waals surface area contributed by atoms with Gasteiger partial charge in [-0.05, 0) is 32.1 Å². The average molecular weight is 224 g/mol. The SMILES string of the molecule is NCC1(NC(=O)C2CCCCCC2)CCC1. The van der Waals surface area contributed by atoms with E-state index in [0.717, 1.165) is 25.7 Å². The van der Waals surface area contributed by atoms with E-state index in [0.29, 0.717) is 6.54 Å². The minimum Gasteiger partial charge on any atom is -0.349 e. The van der Waals surface area contributed by atoms with Crippen molar-refractivity contribution in [2.45, 2.75) is 63.3 Å². The Kier molecular flexibility index (Phi) is 3.85. The Morgan fingerprint density at radius 2 is 1.75 bits per heavy atom. The average Bonchev–Trinajstić information content (AvgIpc) is 2.51. The van der Waals surface area contributed by atoms with E-state index in [2.05, 4.69) is 5.32 Å². The Balaban J connectivity index is 1.86. The van der Waals surface area contributed by atoms with Crippen LogP contribution in [0.2, 0.25) is 0 Å². The number of rotatable bonds is 3. The van der Waals surface area contributed by atoms with Crippen LogP contribution in [0.25, 0.3) is 0 Å². The second kappa shape index (κ2) is 5.17. The first-order valence-corrected chi connectivity index (χ1v) is 6.78. The van der Waals surface area contributed by atoms with Crippen molar-refractivity contribution < 1.29 is 4.79 Å². The minimum absolute atomic E-state index is 0.0383. The number of hydrogen-bond donors (Lipinski definition) is 2. The summed E-state index contributed by atoms with van der Waals surface area (Å²) in [6, 6.07) is 0. The molecule has 92 valence electrons. The Morgan fingerprint density at radius 1 is 1.12 bits per heavy atom. The van der Waals surface area contributed by atoms with Crippen LogP contribution in [0.3, 0.4) is 0 Å². The van der Waals surface area contributed by atoms with Crippen LogP contribution in [0.1, 0.15) is 57.8 Å². The largest absolute Gasteiger partial charge is 0.349 e. The number of hydrogen-bond acceptors (Lipinski definition) is 2. The van der Waals surface area contributed by atoms with Gasteiger partial charge in [-0.15, -0.1) is 0 Å². The van der Waals surface area contributed by atoms with E-state index in [4.69, 9.17) is 5.73 Å². The van der Waals surface area contributed by atoms with Crippen molar-refractivity contribution in [3.63, 3.8) is 0 Å². The predicted octanol–water partition coefficient (Wildman–Crippen LogP) is 1.95. The van der Waals surface area contributed by atoms with Gasteiger partial charge in [-0.3, -0.25) is 4.79 Å². The van der Waals surface area contributed by atoms with Crippen LogP contribution in [-0.2, 0) is 4.79 Å². The van der Waals surface area contributed by atoms with Gasteiger partial charge in [-0.2, -0.15) is 0 Å². The summed E-state index contributed by atoms with van der Waals surface area (Å²) >= 11 is 0. The van der Waals surface area contributed by atoms with Crippen LogP contribution < -0.4 is 11.1 Å². The summed E-state index contributed by atoms with van der Waals surface area (Å²) in [5, 5.41) is 3.21. The van der Waals surface area contributed by atoms with Gasteiger partial charge in [-0.1, -0.05) is 25.7 Å². The molecule has 2 rings (SSSR count). The second-order valence-corrected chi connectivity index (χ2v) is 5.52. The molecule has 1 amide bonds. The zero-order chi connectivity index (χ0) is 11.4. The Labute approximate surface area is 98.2 Å². The Bertz CT molecular complexity index is 235. The van der Waals surface area contributed by atoms with Gasteiger partial charge in [0.1, 0.15) is 0 Å². The molecule has 0 heterocycles. The lowest BCUT2D eigenvalue weighted by atomic mass is 9.76. The fourth-order valence-corrected chi connectivity index (χ4v) is 2.89. The summed E-state index contributed by atoms with van der Waals surface area (Å²) in [4.78, 5) is 12.2. The number of amides is 1. The van der Waals surface area contributed by atoms with Crippen molar-refractivity contribution in [3.05, 3.63) is 0 Å². The highest BCUT2D eigenvalue weighted by Gasteiger charge is 2.38. The van der Waals surface area contributed by atoms with Gasteiger partial charge >= 0.3 is 0 Å². The Morgan fingerprint density at radius 3 is 2.19 bits per heavy atom. The summed E-state index contributed by atoms with van der Waals surface area (Å²) in [5.41, 5.74) is 5.72. The van der Waals surface area contributed by atoms with Crippen molar-refractivity contribution in [2.75, 3.05) is 6.54 Å². The first kappa shape index (κ1) is 11.9. The molecule has 0 radical (unpaired) electrons. The quantitative estimate of drug-likeness (QED) is 0.720. The van der Waals surface area contributed by atoms with Gasteiger partial charge in [0.15, 0.2) is 0 Å². The van der Waals surface area contributed by atoms with E-state index in [1.165, 1.54) is 32.1 Å². The van der Waals surface area contributed by atoms with Crippen molar-refractivity contribution >= 4 is 5.91 Å². The van der Waals surface area contributed by atoms with E-state index in [1.807, 2.05) is 0 Å². The maximum Gasteiger partial charge on any atom is 0.223 e. The first-order chi connectivity index (χ1) is 7.76. The molecule has 0 spiro atoms. The maximum absolute atomic E-state index is 12.2. The van der Waals surface area contributed by atoms with Crippen molar-refractivity contribution in [3.8, 4) is 0 Å². The molecule has 0 saturated heterocycles. The summed E-state index contributed by atoms with van der Waals surface area (Å²) in [5.74, 6) is 0.526. The molecule has 2 fully saturated rings. The van der Waals surface area contributed by atoms with E-state index >= 15 is 0 Å². The maximum atomic E-state index is 12.2.